The van der Waals surface area contributed by atoms with Crippen LogP contribution in [0.15, 0.2) is 76.0 Å². The van der Waals surface area contributed by atoms with Crippen LogP contribution in [0, 0.1) is 0 Å². The molecule has 29 heavy (non-hydrogen) atoms. The highest BCUT2D eigenvalue weighted by molar-refractivity contribution is 7.89. The summed E-state index contributed by atoms with van der Waals surface area (Å²) in [6, 6.07) is 17.6. The first-order valence-corrected chi connectivity index (χ1v) is 11.3. The SMILES string of the molecule is CC(C)NS(=O)(=O)c1ccccc1C(=O)N/N=C/c1ccc(-c2cccs2)cc1. The van der Waals surface area contributed by atoms with Gasteiger partial charge in [0.25, 0.3) is 5.91 Å². The first-order valence-electron chi connectivity index (χ1n) is 8.95. The lowest BCUT2D eigenvalue weighted by Crippen LogP contribution is -2.32. The summed E-state index contributed by atoms with van der Waals surface area (Å²) in [4.78, 5) is 13.6. The molecule has 8 heteroatoms. The summed E-state index contributed by atoms with van der Waals surface area (Å²) in [7, 11) is -3.80. The van der Waals surface area contributed by atoms with Crippen LogP contribution in [-0.2, 0) is 10.0 Å². The van der Waals surface area contributed by atoms with Gasteiger partial charge in [-0.05, 0) is 48.6 Å². The number of nitrogens with zero attached hydrogens (tertiary/aromatic N) is 1. The van der Waals surface area contributed by atoms with E-state index in [4.69, 9.17) is 0 Å². The highest BCUT2D eigenvalue weighted by atomic mass is 32.2. The second kappa shape index (κ2) is 9.13. The number of hydrazone groups is 1. The van der Waals surface area contributed by atoms with Crippen LogP contribution in [0.3, 0.4) is 0 Å². The summed E-state index contributed by atoms with van der Waals surface area (Å²) in [6.07, 6.45) is 1.51. The lowest BCUT2D eigenvalue weighted by molar-refractivity contribution is 0.0952. The third kappa shape index (κ3) is 5.38. The highest BCUT2D eigenvalue weighted by Gasteiger charge is 2.22. The minimum absolute atomic E-state index is 0.0332. The standard InChI is InChI=1S/C21H21N3O3S2/c1-15(2)24-29(26,27)20-8-4-3-6-18(20)21(25)23-22-14-16-9-11-17(12-10-16)19-7-5-13-28-19/h3-15,24H,1-2H3,(H,23,25)/b22-14+. The Bertz CT molecular complexity index is 1100. The fourth-order valence-corrected chi connectivity index (χ4v) is 4.85. The Morgan fingerprint density at radius 2 is 1.76 bits per heavy atom. The maximum atomic E-state index is 12.5. The maximum Gasteiger partial charge on any atom is 0.272 e. The van der Waals surface area contributed by atoms with Crippen LogP contribution in [0.4, 0.5) is 0 Å². The first-order chi connectivity index (χ1) is 13.9. The number of rotatable bonds is 7. The molecule has 1 heterocycles. The third-order valence-corrected chi connectivity index (χ3v) is 6.54. The van der Waals surface area contributed by atoms with Gasteiger partial charge in [-0.1, -0.05) is 42.5 Å². The largest absolute Gasteiger partial charge is 0.272 e. The number of carbonyl (C=O) groups is 1. The molecular weight excluding hydrogens is 406 g/mol. The van der Waals surface area contributed by atoms with Gasteiger partial charge in [0.05, 0.1) is 16.7 Å². The van der Waals surface area contributed by atoms with Gasteiger partial charge in [0, 0.05) is 10.9 Å². The van der Waals surface area contributed by atoms with Crippen molar-refractivity contribution in [2.75, 3.05) is 0 Å². The molecule has 0 spiro atoms. The smallest absolute Gasteiger partial charge is 0.267 e. The molecule has 3 aromatic rings. The van der Waals surface area contributed by atoms with Crippen LogP contribution in [0.1, 0.15) is 29.8 Å². The van der Waals surface area contributed by atoms with Gasteiger partial charge in [0.2, 0.25) is 10.0 Å². The maximum absolute atomic E-state index is 12.5. The molecule has 0 unspecified atom stereocenters. The van der Waals surface area contributed by atoms with Gasteiger partial charge in [-0.15, -0.1) is 11.3 Å². The lowest BCUT2D eigenvalue weighted by Gasteiger charge is -2.12. The number of nitrogens with one attached hydrogen (secondary N) is 2. The van der Waals surface area contributed by atoms with Gasteiger partial charge in [-0.2, -0.15) is 5.10 Å². The average Bonchev–Trinajstić information content (AvgIpc) is 3.22. The number of hydrogen-bond donors (Lipinski definition) is 2. The van der Waals surface area contributed by atoms with Gasteiger partial charge in [-0.25, -0.2) is 18.6 Å². The predicted octanol–water partition coefficient (Wildman–Crippen LogP) is 3.87. The van der Waals surface area contributed by atoms with E-state index in [1.54, 1.807) is 37.3 Å². The minimum atomic E-state index is -3.80. The van der Waals surface area contributed by atoms with Gasteiger partial charge >= 0.3 is 0 Å². The van der Waals surface area contributed by atoms with Crippen molar-refractivity contribution >= 4 is 33.5 Å². The fourth-order valence-electron chi connectivity index (χ4n) is 2.66. The van der Waals surface area contributed by atoms with E-state index in [0.29, 0.717) is 0 Å². The van der Waals surface area contributed by atoms with Gasteiger partial charge in [-0.3, -0.25) is 4.79 Å². The average molecular weight is 428 g/mol. The van der Waals surface area contributed by atoms with E-state index < -0.39 is 15.9 Å². The molecule has 3 rings (SSSR count). The van der Waals surface area contributed by atoms with Crippen molar-refractivity contribution in [1.82, 2.24) is 10.1 Å². The quantitative estimate of drug-likeness (QED) is 0.443. The summed E-state index contributed by atoms with van der Waals surface area (Å²) >= 11 is 1.66. The second-order valence-electron chi connectivity index (χ2n) is 6.57. The molecule has 0 radical (unpaired) electrons. The van der Waals surface area contributed by atoms with Crippen molar-refractivity contribution < 1.29 is 13.2 Å². The number of carbonyl (C=O) groups excluding carboxylic acids is 1. The zero-order valence-corrected chi connectivity index (χ0v) is 17.6. The minimum Gasteiger partial charge on any atom is -0.267 e. The van der Waals surface area contributed by atoms with E-state index in [-0.39, 0.29) is 16.5 Å². The van der Waals surface area contributed by atoms with Crippen LogP contribution < -0.4 is 10.1 Å². The van der Waals surface area contributed by atoms with Gasteiger partial charge < -0.3 is 0 Å². The van der Waals surface area contributed by atoms with Crippen LogP contribution in [0.25, 0.3) is 10.4 Å². The Hall–Kier alpha value is -2.81. The van der Waals surface area contributed by atoms with E-state index in [0.717, 1.165) is 11.1 Å². The molecule has 1 amide bonds. The lowest BCUT2D eigenvalue weighted by atomic mass is 10.1. The van der Waals surface area contributed by atoms with E-state index in [1.807, 2.05) is 41.8 Å². The Balaban J connectivity index is 1.71. The summed E-state index contributed by atoms with van der Waals surface area (Å²) < 4.78 is 27.4. The molecule has 0 saturated carbocycles. The molecule has 2 aromatic carbocycles. The Morgan fingerprint density at radius 3 is 2.41 bits per heavy atom. The normalized spacial score (nSPS) is 11.8. The van der Waals surface area contributed by atoms with Crippen molar-refractivity contribution in [2.24, 2.45) is 5.10 Å². The Labute approximate surface area is 174 Å². The van der Waals surface area contributed by atoms with Crippen LogP contribution >= 0.6 is 11.3 Å². The molecule has 2 N–H and O–H groups in total. The van der Waals surface area contributed by atoms with Crippen molar-refractivity contribution in [3.8, 4) is 10.4 Å². The van der Waals surface area contributed by atoms with Crippen LogP contribution in [0.5, 0.6) is 0 Å². The summed E-state index contributed by atoms with van der Waals surface area (Å²) in [5.74, 6) is -0.596. The second-order valence-corrected chi connectivity index (χ2v) is 9.20. The van der Waals surface area contributed by atoms with Crippen molar-refractivity contribution in [2.45, 2.75) is 24.8 Å². The molecule has 0 aliphatic heterocycles. The van der Waals surface area contributed by atoms with E-state index in [2.05, 4.69) is 15.2 Å². The third-order valence-electron chi connectivity index (χ3n) is 3.91. The summed E-state index contributed by atoms with van der Waals surface area (Å²) in [5, 5.41) is 5.98. The highest BCUT2D eigenvalue weighted by Crippen LogP contribution is 2.24. The Morgan fingerprint density at radius 1 is 1.03 bits per heavy atom. The molecule has 0 bridgehead atoms. The summed E-state index contributed by atoms with van der Waals surface area (Å²) in [6.45, 7) is 3.43. The molecule has 0 aliphatic rings. The topological polar surface area (TPSA) is 87.6 Å². The predicted molar refractivity (Wildman–Crippen MR) is 117 cm³/mol. The monoisotopic (exact) mass is 427 g/mol. The molecule has 1 aromatic heterocycles. The van der Waals surface area contributed by atoms with Crippen LogP contribution in [0.2, 0.25) is 0 Å². The molecule has 0 aliphatic carbocycles. The number of thiophene rings is 1. The van der Waals surface area contributed by atoms with E-state index in [9.17, 15) is 13.2 Å². The van der Waals surface area contributed by atoms with Gasteiger partial charge in [0.1, 0.15) is 0 Å². The number of sulfonamides is 1. The van der Waals surface area contributed by atoms with Gasteiger partial charge in [0.15, 0.2) is 0 Å². The molecule has 150 valence electrons. The van der Waals surface area contributed by atoms with E-state index >= 15 is 0 Å². The Kier molecular flexibility index (Phi) is 6.58. The number of hydrogen-bond acceptors (Lipinski definition) is 5. The van der Waals surface area contributed by atoms with Crippen molar-refractivity contribution in [1.29, 1.82) is 0 Å². The molecule has 0 saturated heterocycles. The van der Waals surface area contributed by atoms with E-state index in [1.165, 1.54) is 23.2 Å². The number of amides is 1. The first kappa shape index (κ1) is 20.9. The van der Waals surface area contributed by atoms with Crippen molar-refractivity contribution in [3.63, 3.8) is 0 Å². The molecule has 0 atom stereocenters. The number of benzene rings is 2. The fraction of sp³-hybridized carbons (Fsp3) is 0.143. The zero-order valence-electron chi connectivity index (χ0n) is 16.0. The zero-order chi connectivity index (χ0) is 20.9. The molecule has 0 fully saturated rings. The van der Waals surface area contributed by atoms with Crippen LogP contribution in [-0.4, -0.2) is 26.6 Å². The summed E-state index contributed by atoms with van der Waals surface area (Å²) in [5.41, 5.74) is 4.35. The van der Waals surface area contributed by atoms with Crippen molar-refractivity contribution in [3.05, 3.63) is 77.2 Å². The molecular formula is C21H21N3O3S2. The molecule has 6 nitrogen and oxygen atoms in total.